The second-order valence-electron chi connectivity index (χ2n) is 6.90. The first kappa shape index (κ1) is 18.8. The first-order chi connectivity index (χ1) is 14.2. The number of hydrogen-bond donors (Lipinski definition) is 1. The Kier molecular flexibility index (Phi) is 5.07. The van der Waals surface area contributed by atoms with Crippen molar-refractivity contribution in [2.75, 3.05) is 6.61 Å². The van der Waals surface area contributed by atoms with E-state index >= 15 is 0 Å². The van der Waals surface area contributed by atoms with Crippen molar-refractivity contribution < 1.29 is 14.3 Å². The van der Waals surface area contributed by atoms with Crippen LogP contribution in [0.5, 0.6) is 0 Å². The van der Waals surface area contributed by atoms with Gasteiger partial charge in [-0.1, -0.05) is 36.4 Å². The van der Waals surface area contributed by atoms with Gasteiger partial charge in [-0.25, -0.2) is 4.39 Å². The number of hydrogen-bond acceptors (Lipinski definition) is 4. The van der Waals surface area contributed by atoms with Gasteiger partial charge in [0.25, 0.3) is 5.91 Å². The molecule has 0 spiro atoms. The molecule has 0 bridgehead atoms. The van der Waals surface area contributed by atoms with Gasteiger partial charge in [0.1, 0.15) is 11.9 Å². The molecule has 1 amide bonds. The van der Waals surface area contributed by atoms with E-state index in [9.17, 15) is 19.6 Å². The zero-order valence-electron chi connectivity index (χ0n) is 15.4. The number of aromatic nitrogens is 1. The monoisotopic (exact) mass is 387 g/mol. The third kappa shape index (κ3) is 3.26. The summed E-state index contributed by atoms with van der Waals surface area (Å²) in [6.45, 7) is -0.285. The number of aliphatic hydroxyl groups is 1. The van der Waals surface area contributed by atoms with Crippen molar-refractivity contribution in [2.45, 2.75) is 18.0 Å². The number of aliphatic hydroxyl groups excluding tert-OH is 1. The number of halogens is 1. The molecule has 5 nitrogen and oxygen atoms in total. The first-order valence-corrected chi connectivity index (χ1v) is 9.23. The van der Waals surface area contributed by atoms with Crippen LogP contribution in [0.25, 0.3) is 11.1 Å². The summed E-state index contributed by atoms with van der Waals surface area (Å²) in [7, 11) is 0. The predicted molar refractivity (Wildman–Crippen MR) is 105 cm³/mol. The number of pyridine rings is 1. The highest BCUT2D eigenvalue weighted by molar-refractivity contribution is 5.95. The molecule has 3 atom stereocenters. The van der Waals surface area contributed by atoms with Crippen LogP contribution >= 0.6 is 0 Å². The van der Waals surface area contributed by atoms with E-state index in [4.69, 9.17) is 0 Å². The Morgan fingerprint density at radius 2 is 2.00 bits per heavy atom. The van der Waals surface area contributed by atoms with Gasteiger partial charge >= 0.3 is 0 Å². The summed E-state index contributed by atoms with van der Waals surface area (Å²) < 4.78 is 13.8. The Bertz CT molecular complexity index is 1080. The third-order valence-corrected chi connectivity index (χ3v) is 5.33. The van der Waals surface area contributed by atoms with Crippen LogP contribution in [0.3, 0.4) is 0 Å². The number of carbonyl (C=O) groups excluding carboxylic acids is 1. The molecule has 4 rings (SSSR count). The highest BCUT2D eigenvalue weighted by Crippen LogP contribution is 2.44. The fourth-order valence-corrected chi connectivity index (χ4v) is 4.00. The highest BCUT2D eigenvalue weighted by atomic mass is 19.1. The number of rotatable bonds is 4. The van der Waals surface area contributed by atoms with Crippen LogP contribution in [-0.4, -0.2) is 39.6 Å². The molecule has 1 fully saturated rings. The summed E-state index contributed by atoms with van der Waals surface area (Å²) in [5.41, 5.74) is 2.64. The van der Waals surface area contributed by atoms with Crippen LogP contribution < -0.4 is 0 Å². The number of amides is 1. The molecule has 0 saturated carbocycles. The minimum atomic E-state index is -0.741. The lowest BCUT2D eigenvalue weighted by Gasteiger charge is -2.52. The van der Waals surface area contributed by atoms with E-state index in [1.807, 2.05) is 24.3 Å². The maximum Gasteiger partial charge on any atom is 0.256 e. The second kappa shape index (κ2) is 7.82. The Labute approximate surface area is 167 Å². The molecule has 29 heavy (non-hydrogen) atoms. The molecule has 1 N–H and O–H groups in total. The van der Waals surface area contributed by atoms with Crippen LogP contribution in [0.15, 0.2) is 73.1 Å². The molecule has 6 heteroatoms. The van der Waals surface area contributed by atoms with Crippen LogP contribution in [-0.2, 0) is 0 Å². The Morgan fingerprint density at radius 3 is 2.69 bits per heavy atom. The molecular weight excluding hydrogens is 369 g/mol. The number of benzene rings is 2. The van der Waals surface area contributed by atoms with Crippen molar-refractivity contribution >= 4 is 5.91 Å². The van der Waals surface area contributed by atoms with Gasteiger partial charge in [-0.15, -0.1) is 0 Å². The Morgan fingerprint density at radius 1 is 1.17 bits per heavy atom. The average Bonchev–Trinajstić information content (AvgIpc) is 2.74. The molecule has 1 aliphatic rings. The van der Waals surface area contributed by atoms with Crippen LogP contribution in [0, 0.1) is 17.1 Å². The van der Waals surface area contributed by atoms with Crippen LogP contribution in [0.4, 0.5) is 4.39 Å². The number of likely N-dealkylation sites (tertiary alicyclic amines) is 1. The number of nitriles is 1. The van der Waals surface area contributed by atoms with E-state index in [-0.39, 0.29) is 24.2 Å². The summed E-state index contributed by atoms with van der Waals surface area (Å²) in [5, 5.41) is 19.8. The molecule has 0 aliphatic carbocycles. The van der Waals surface area contributed by atoms with Crippen molar-refractivity contribution in [1.82, 2.24) is 9.88 Å². The minimum Gasteiger partial charge on any atom is -0.394 e. The average molecular weight is 387 g/mol. The lowest BCUT2D eigenvalue weighted by atomic mass is 9.73. The summed E-state index contributed by atoms with van der Waals surface area (Å²) in [4.78, 5) is 18.3. The maximum absolute atomic E-state index is 13.8. The molecule has 2 heterocycles. The number of carbonyl (C=O) groups is 1. The molecule has 1 aliphatic heterocycles. The van der Waals surface area contributed by atoms with Gasteiger partial charge in [0.05, 0.1) is 24.3 Å². The van der Waals surface area contributed by atoms with Crippen LogP contribution in [0.1, 0.15) is 21.8 Å². The largest absolute Gasteiger partial charge is 0.394 e. The molecule has 0 unspecified atom stereocenters. The predicted octanol–water partition coefficient (Wildman–Crippen LogP) is 3.38. The van der Waals surface area contributed by atoms with E-state index in [0.29, 0.717) is 11.1 Å². The van der Waals surface area contributed by atoms with Gasteiger partial charge in [-0.05, 0) is 41.0 Å². The molecule has 3 aromatic rings. The standard InChI is InChI=1S/C23H18FN3O2/c24-17-7-3-5-15(11-17)18-8-1-2-9-19(18)22-20(12-25)27(21(22)14-28)23(29)16-6-4-10-26-13-16/h1-11,13,20-22,28H,14H2/t20-,21-,22+/m0/s1. The zero-order valence-corrected chi connectivity index (χ0v) is 15.4. The summed E-state index contributed by atoms with van der Waals surface area (Å²) in [6.07, 6.45) is 3.01. The van der Waals surface area contributed by atoms with Gasteiger partial charge < -0.3 is 10.0 Å². The molecule has 144 valence electrons. The maximum atomic E-state index is 13.8. The first-order valence-electron chi connectivity index (χ1n) is 9.23. The van der Waals surface area contributed by atoms with Crippen molar-refractivity contribution in [3.63, 3.8) is 0 Å². The smallest absolute Gasteiger partial charge is 0.256 e. The van der Waals surface area contributed by atoms with Gasteiger partial charge in [0, 0.05) is 18.3 Å². The summed E-state index contributed by atoms with van der Waals surface area (Å²) in [6, 6.07) is 17.8. The van der Waals surface area contributed by atoms with Gasteiger partial charge in [-0.3, -0.25) is 9.78 Å². The fourth-order valence-electron chi connectivity index (χ4n) is 4.00. The van der Waals surface area contributed by atoms with Crippen LogP contribution in [0.2, 0.25) is 0 Å². The van der Waals surface area contributed by atoms with E-state index < -0.39 is 12.1 Å². The Hall–Kier alpha value is -3.56. The molecule has 2 aromatic carbocycles. The van der Waals surface area contributed by atoms with Gasteiger partial charge in [-0.2, -0.15) is 5.26 Å². The van der Waals surface area contributed by atoms with Crippen molar-refractivity contribution in [2.24, 2.45) is 0 Å². The van der Waals surface area contributed by atoms with Crippen molar-refractivity contribution in [3.05, 3.63) is 90.0 Å². The van der Waals surface area contributed by atoms with Gasteiger partial charge in [0.15, 0.2) is 0 Å². The van der Waals surface area contributed by atoms with Gasteiger partial charge in [0.2, 0.25) is 0 Å². The lowest BCUT2D eigenvalue weighted by molar-refractivity contribution is -0.00574. The lowest BCUT2D eigenvalue weighted by Crippen LogP contribution is -2.65. The number of nitrogens with zero attached hydrogens (tertiary/aromatic N) is 3. The third-order valence-electron chi connectivity index (χ3n) is 5.33. The van der Waals surface area contributed by atoms with E-state index in [0.717, 1.165) is 11.1 Å². The molecule has 1 aromatic heterocycles. The second-order valence-corrected chi connectivity index (χ2v) is 6.90. The zero-order chi connectivity index (χ0) is 20.4. The quantitative estimate of drug-likeness (QED) is 0.745. The minimum absolute atomic E-state index is 0.285. The topological polar surface area (TPSA) is 77.2 Å². The molecule has 0 radical (unpaired) electrons. The fraction of sp³-hybridized carbons (Fsp3) is 0.174. The van der Waals surface area contributed by atoms with E-state index in [1.54, 1.807) is 30.5 Å². The normalized spacial score (nSPS) is 20.6. The SMILES string of the molecule is N#C[C@H]1[C@@H](c2ccccc2-c2cccc(F)c2)[C@H](CO)N1C(=O)c1cccnc1. The van der Waals surface area contributed by atoms with E-state index in [1.165, 1.54) is 23.2 Å². The van der Waals surface area contributed by atoms with Crippen molar-refractivity contribution in [1.29, 1.82) is 5.26 Å². The molecular formula is C23H18FN3O2. The Balaban J connectivity index is 1.73. The highest BCUT2D eigenvalue weighted by Gasteiger charge is 2.52. The summed E-state index contributed by atoms with van der Waals surface area (Å²) in [5.74, 6) is -1.08. The molecule has 1 saturated heterocycles. The van der Waals surface area contributed by atoms with Crippen molar-refractivity contribution in [3.8, 4) is 17.2 Å². The van der Waals surface area contributed by atoms with E-state index in [2.05, 4.69) is 11.1 Å². The summed E-state index contributed by atoms with van der Waals surface area (Å²) >= 11 is 0.